The van der Waals surface area contributed by atoms with Gasteiger partial charge in [-0.3, -0.25) is 0 Å². The molecule has 4 rings (SSSR count). The predicted molar refractivity (Wildman–Crippen MR) is 108 cm³/mol. The number of rotatable bonds is 3. The molecule has 0 bridgehead atoms. The van der Waals surface area contributed by atoms with Gasteiger partial charge in [-0.15, -0.1) is 0 Å². The number of phenolic OH excluding ortho intramolecular Hbond substituents is 1. The Morgan fingerprint density at radius 1 is 1.25 bits per heavy atom. The number of ether oxygens (including phenoxy) is 2. The van der Waals surface area contributed by atoms with E-state index in [1.54, 1.807) is 0 Å². The molecule has 11 heteroatoms. The second-order valence-corrected chi connectivity index (χ2v) is 7.25. The zero-order chi connectivity index (χ0) is 23.2. The van der Waals surface area contributed by atoms with Crippen molar-refractivity contribution in [1.29, 1.82) is 5.26 Å². The highest BCUT2D eigenvalue weighted by Crippen LogP contribution is 2.49. The maximum absolute atomic E-state index is 14.0. The zero-order valence-electron chi connectivity index (χ0n) is 16.3. The molecule has 1 atom stereocenters. The lowest BCUT2D eigenvalue weighted by molar-refractivity contribution is -0.142. The maximum atomic E-state index is 14.0. The molecule has 2 aromatic carbocycles. The number of phenols is 1. The van der Waals surface area contributed by atoms with E-state index in [-0.39, 0.29) is 45.6 Å². The minimum absolute atomic E-state index is 0.0186. The summed E-state index contributed by atoms with van der Waals surface area (Å²) in [5, 5.41) is 23.7. The van der Waals surface area contributed by atoms with E-state index in [9.17, 15) is 23.5 Å². The van der Waals surface area contributed by atoms with E-state index in [1.807, 2.05) is 6.07 Å². The molecule has 3 N–H and O–H groups in total. The summed E-state index contributed by atoms with van der Waals surface area (Å²) in [7, 11) is 1.29. The minimum Gasteiger partial charge on any atom is -0.504 e. The molecular formula is C21H14ClF3N4O3. The molecule has 0 aliphatic carbocycles. The van der Waals surface area contributed by atoms with E-state index >= 15 is 0 Å². The Kier molecular flexibility index (Phi) is 5.14. The van der Waals surface area contributed by atoms with Gasteiger partial charge in [-0.2, -0.15) is 28.2 Å². The maximum Gasteiger partial charge on any atom is 0.435 e. The van der Waals surface area contributed by atoms with Crippen LogP contribution in [-0.2, 0) is 6.18 Å². The minimum atomic E-state index is -4.86. The van der Waals surface area contributed by atoms with Gasteiger partial charge in [-0.1, -0.05) is 17.7 Å². The van der Waals surface area contributed by atoms with Gasteiger partial charge in [-0.05, 0) is 42.0 Å². The Labute approximate surface area is 184 Å². The molecule has 3 aromatic rings. The fraction of sp³-hybridized carbons (Fsp3) is 0.143. The average molecular weight is 463 g/mol. The summed E-state index contributed by atoms with van der Waals surface area (Å²) in [5.74, 6) is -2.11. The number of aromatic hydroxyl groups is 1. The molecule has 0 fully saturated rings. The number of nitrogens with two attached hydrogens (primary N) is 1. The van der Waals surface area contributed by atoms with Crippen LogP contribution in [0.1, 0.15) is 22.7 Å². The highest BCUT2D eigenvalue weighted by Gasteiger charge is 2.46. The number of methoxy groups -OCH3 is 1. The molecular weight excluding hydrogens is 449 g/mol. The first kappa shape index (κ1) is 21.4. The standard InChI is InChI=1S/C21H14ClF3N4O3/c1-31-15-8-10(2-7-14(15)30)16-13(9-26)19(27)32-20-17(16)18(21(23,24)25)28-29(20)12-5-3-11(22)4-6-12/h2-8,16,30H,27H2,1H3. The number of aromatic nitrogens is 2. The quantitative estimate of drug-likeness (QED) is 0.594. The Bertz CT molecular complexity index is 1280. The third-order valence-electron chi connectivity index (χ3n) is 4.92. The third-order valence-corrected chi connectivity index (χ3v) is 5.18. The van der Waals surface area contributed by atoms with Crippen molar-refractivity contribution >= 4 is 11.6 Å². The number of benzene rings is 2. The van der Waals surface area contributed by atoms with Gasteiger partial charge in [0, 0.05) is 5.02 Å². The molecule has 7 nitrogen and oxygen atoms in total. The van der Waals surface area contributed by atoms with Gasteiger partial charge < -0.3 is 20.3 Å². The molecule has 0 saturated heterocycles. The van der Waals surface area contributed by atoms with Crippen molar-refractivity contribution in [2.24, 2.45) is 5.73 Å². The topological polar surface area (TPSA) is 106 Å². The molecule has 1 aliphatic heterocycles. The number of nitrogens with zero attached hydrogens (tertiary/aromatic N) is 3. The van der Waals surface area contributed by atoms with Crippen molar-refractivity contribution in [3.63, 3.8) is 0 Å². The monoisotopic (exact) mass is 462 g/mol. The van der Waals surface area contributed by atoms with E-state index in [2.05, 4.69) is 5.10 Å². The molecule has 1 aromatic heterocycles. The molecule has 2 heterocycles. The first-order chi connectivity index (χ1) is 15.2. The zero-order valence-corrected chi connectivity index (χ0v) is 17.1. The van der Waals surface area contributed by atoms with Gasteiger partial charge >= 0.3 is 6.18 Å². The van der Waals surface area contributed by atoms with Crippen molar-refractivity contribution in [2.75, 3.05) is 7.11 Å². The highest BCUT2D eigenvalue weighted by molar-refractivity contribution is 6.30. The Morgan fingerprint density at radius 2 is 1.94 bits per heavy atom. The van der Waals surface area contributed by atoms with Gasteiger partial charge in [0.25, 0.3) is 0 Å². The lowest BCUT2D eigenvalue weighted by Gasteiger charge is -2.25. The molecule has 0 spiro atoms. The Morgan fingerprint density at radius 3 is 2.53 bits per heavy atom. The van der Waals surface area contributed by atoms with Crippen molar-refractivity contribution in [3.05, 3.63) is 75.8 Å². The molecule has 1 aliphatic rings. The lowest BCUT2D eigenvalue weighted by atomic mass is 9.83. The van der Waals surface area contributed by atoms with Gasteiger partial charge in [0.1, 0.15) is 11.6 Å². The fourth-order valence-electron chi connectivity index (χ4n) is 3.51. The van der Waals surface area contributed by atoms with E-state index < -0.39 is 17.8 Å². The van der Waals surface area contributed by atoms with Crippen LogP contribution >= 0.6 is 11.6 Å². The first-order valence-corrected chi connectivity index (χ1v) is 9.44. The number of allylic oxidation sites excluding steroid dienone is 1. The lowest BCUT2D eigenvalue weighted by Crippen LogP contribution is -2.23. The van der Waals surface area contributed by atoms with Crippen molar-refractivity contribution in [3.8, 4) is 29.1 Å². The molecule has 164 valence electrons. The molecule has 0 amide bonds. The van der Waals surface area contributed by atoms with E-state index in [4.69, 9.17) is 26.8 Å². The van der Waals surface area contributed by atoms with Gasteiger partial charge in [0.05, 0.1) is 24.3 Å². The number of nitriles is 1. The molecule has 1 unspecified atom stereocenters. The predicted octanol–water partition coefficient (Wildman–Crippen LogP) is 4.48. The average Bonchev–Trinajstić information content (AvgIpc) is 3.13. The number of fused-ring (bicyclic) bond motifs is 1. The summed E-state index contributed by atoms with van der Waals surface area (Å²) in [6, 6.07) is 11.7. The largest absolute Gasteiger partial charge is 0.504 e. The highest BCUT2D eigenvalue weighted by atomic mass is 35.5. The van der Waals surface area contributed by atoms with Crippen LogP contribution in [0.3, 0.4) is 0 Å². The van der Waals surface area contributed by atoms with Crippen LogP contribution < -0.4 is 15.2 Å². The number of halogens is 4. The second-order valence-electron chi connectivity index (χ2n) is 6.81. The second kappa shape index (κ2) is 7.69. The summed E-state index contributed by atoms with van der Waals surface area (Å²) >= 11 is 5.89. The number of alkyl halides is 3. The van der Waals surface area contributed by atoms with Crippen LogP contribution in [0, 0.1) is 11.3 Å². The summed E-state index contributed by atoms with van der Waals surface area (Å²) in [6.07, 6.45) is -4.86. The number of hydrogen-bond donors (Lipinski definition) is 2. The summed E-state index contributed by atoms with van der Waals surface area (Å²) in [4.78, 5) is 0. The molecule has 0 radical (unpaired) electrons. The Balaban J connectivity index is 2.04. The van der Waals surface area contributed by atoms with E-state index in [0.717, 1.165) is 4.68 Å². The van der Waals surface area contributed by atoms with Crippen LogP contribution in [0.5, 0.6) is 17.4 Å². The van der Waals surface area contributed by atoms with Crippen LogP contribution in [0.25, 0.3) is 5.69 Å². The summed E-state index contributed by atoms with van der Waals surface area (Å²) in [5.41, 5.74) is 4.56. The number of hydrogen-bond acceptors (Lipinski definition) is 6. The van der Waals surface area contributed by atoms with Crippen LogP contribution in [0.2, 0.25) is 5.02 Å². The van der Waals surface area contributed by atoms with Crippen molar-refractivity contribution in [1.82, 2.24) is 9.78 Å². The summed E-state index contributed by atoms with van der Waals surface area (Å²) in [6.45, 7) is 0. The van der Waals surface area contributed by atoms with Crippen molar-refractivity contribution < 1.29 is 27.8 Å². The normalized spacial score (nSPS) is 15.7. The molecule has 0 saturated carbocycles. The van der Waals surface area contributed by atoms with Gasteiger partial charge in [0.2, 0.25) is 11.8 Å². The SMILES string of the molecule is COc1cc(C2C(C#N)=C(N)Oc3c2c(C(F)(F)F)nn3-c2ccc(Cl)cc2)ccc1O. The van der Waals surface area contributed by atoms with Gasteiger partial charge in [0.15, 0.2) is 17.2 Å². The van der Waals surface area contributed by atoms with E-state index in [1.165, 1.54) is 49.6 Å². The Hall–Kier alpha value is -3.84. The first-order valence-electron chi connectivity index (χ1n) is 9.06. The summed E-state index contributed by atoms with van der Waals surface area (Å²) < 4.78 is 53.7. The van der Waals surface area contributed by atoms with Gasteiger partial charge in [-0.25, -0.2) is 0 Å². The fourth-order valence-corrected chi connectivity index (χ4v) is 3.64. The van der Waals surface area contributed by atoms with Crippen LogP contribution in [-0.4, -0.2) is 22.0 Å². The molecule has 32 heavy (non-hydrogen) atoms. The van der Waals surface area contributed by atoms with E-state index in [0.29, 0.717) is 5.02 Å². The van der Waals surface area contributed by atoms with Crippen molar-refractivity contribution in [2.45, 2.75) is 12.1 Å². The van der Waals surface area contributed by atoms with Crippen LogP contribution in [0.4, 0.5) is 13.2 Å². The van der Waals surface area contributed by atoms with Crippen LogP contribution in [0.15, 0.2) is 53.9 Å². The third kappa shape index (κ3) is 3.46. The smallest absolute Gasteiger partial charge is 0.435 e.